The van der Waals surface area contributed by atoms with E-state index < -0.39 is 11.6 Å². The number of aromatic hydroxyl groups is 1. The molecule has 0 radical (unpaired) electrons. The Kier molecular flexibility index (Phi) is 5.51. The predicted molar refractivity (Wildman–Crippen MR) is 124 cm³/mol. The minimum Gasteiger partial charge on any atom is -0.505 e. The SMILES string of the molecule is Cc1[nH]nc2nc(-c3ccc(O)c(F)c3)cc(C(=O)N3CCNC[C@H]3Cc3ccccc3)c12. The Balaban J connectivity index is 1.56. The molecule has 33 heavy (non-hydrogen) atoms. The maximum atomic E-state index is 14.0. The first-order valence-corrected chi connectivity index (χ1v) is 10.9. The number of hydrogen-bond acceptors (Lipinski definition) is 5. The molecular weight excluding hydrogens is 421 g/mol. The van der Waals surface area contributed by atoms with Crippen LogP contribution in [0.25, 0.3) is 22.3 Å². The number of halogens is 1. The normalized spacial score (nSPS) is 16.3. The number of H-pyrrole nitrogens is 1. The lowest BCUT2D eigenvalue weighted by molar-refractivity contribution is 0.0638. The van der Waals surface area contributed by atoms with Crippen molar-refractivity contribution in [2.75, 3.05) is 19.6 Å². The lowest BCUT2D eigenvalue weighted by Gasteiger charge is -2.36. The van der Waals surface area contributed by atoms with Gasteiger partial charge in [-0.2, -0.15) is 5.10 Å². The van der Waals surface area contributed by atoms with E-state index in [0.29, 0.717) is 47.5 Å². The number of piperazine rings is 1. The molecule has 4 aromatic rings. The average Bonchev–Trinajstić information content (AvgIpc) is 3.21. The fourth-order valence-electron chi connectivity index (χ4n) is 4.41. The van der Waals surface area contributed by atoms with Gasteiger partial charge in [0.05, 0.1) is 16.6 Å². The highest BCUT2D eigenvalue weighted by Gasteiger charge is 2.30. The van der Waals surface area contributed by atoms with Crippen LogP contribution in [0.3, 0.4) is 0 Å². The van der Waals surface area contributed by atoms with E-state index in [-0.39, 0.29) is 11.9 Å². The van der Waals surface area contributed by atoms with Crippen LogP contribution >= 0.6 is 0 Å². The number of carbonyl (C=O) groups excluding carboxylic acids is 1. The molecule has 7 nitrogen and oxygen atoms in total. The first kappa shape index (κ1) is 21.1. The summed E-state index contributed by atoms with van der Waals surface area (Å²) >= 11 is 0. The smallest absolute Gasteiger partial charge is 0.255 e. The number of rotatable bonds is 4. The summed E-state index contributed by atoms with van der Waals surface area (Å²) in [4.78, 5) is 20.3. The van der Waals surface area contributed by atoms with Gasteiger partial charge in [-0.1, -0.05) is 30.3 Å². The summed E-state index contributed by atoms with van der Waals surface area (Å²) in [6, 6.07) is 15.9. The maximum absolute atomic E-state index is 14.0. The number of aryl methyl sites for hydroxylation is 1. The number of nitrogens with zero attached hydrogens (tertiary/aromatic N) is 3. The molecule has 2 aromatic carbocycles. The largest absolute Gasteiger partial charge is 0.505 e. The second-order valence-corrected chi connectivity index (χ2v) is 8.31. The quantitative estimate of drug-likeness (QED) is 0.447. The number of benzene rings is 2. The van der Waals surface area contributed by atoms with E-state index in [1.165, 1.54) is 17.7 Å². The lowest BCUT2D eigenvalue weighted by atomic mass is 10.00. The fraction of sp³-hybridized carbons (Fsp3) is 0.240. The highest BCUT2D eigenvalue weighted by Crippen LogP contribution is 2.29. The van der Waals surface area contributed by atoms with E-state index >= 15 is 0 Å². The molecule has 0 saturated carbocycles. The molecule has 0 bridgehead atoms. The number of aromatic amines is 1. The van der Waals surface area contributed by atoms with Gasteiger partial charge in [0.1, 0.15) is 0 Å². The van der Waals surface area contributed by atoms with Gasteiger partial charge < -0.3 is 15.3 Å². The van der Waals surface area contributed by atoms with E-state index in [0.717, 1.165) is 12.1 Å². The van der Waals surface area contributed by atoms with Crippen molar-refractivity contribution in [1.29, 1.82) is 0 Å². The third-order valence-electron chi connectivity index (χ3n) is 6.10. The zero-order valence-corrected chi connectivity index (χ0v) is 18.2. The van der Waals surface area contributed by atoms with E-state index in [2.05, 4.69) is 32.6 Å². The fourth-order valence-corrected chi connectivity index (χ4v) is 4.41. The number of phenolic OH excluding ortho intramolecular Hbond substituents is 1. The molecule has 5 rings (SSSR count). The third-order valence-corrected chi connectivity index (χ3v) is 6.10. The number of amides is 1. The highest BCUT2D eigenvalue weighted by atomic mass is 19.1. The highest BCUT2D eigenvalue weighted by molar-refractivity contribution is 6.07. The summed E-state index contributed by atoms with van der Waals surface area (Å²) in [6.45, 7) is 3.86. The Morgan fingerprint density at radius 2 is 2.03 bits per heavy atom. The van der Waals surface area contributed by atoms with Crippen LogP contribution < -0.4 is 5.32 Å². The average molecular weight is 445 g/mol. The number of fused-ring (bicyclic) bond motifs is 1. The number of nitrogens with one attached hydrogen (secondary N) is 2. The van der Waals surface area contributed by atoms with Crippen molar-refractivity contribution in [3.63, 3.8) is 0 Å². The van der Waals surface area contributed by atoms with Gasteiger partial charge in [-0.25, -0.2) is 9.37 Å². The van der Waals surface area contributed by atoms with Crippen molar-refractivity contribution >= 4 is 16.9 Å². The summed E-state index contributed by atoms with van der Waals surface area (Å²) in [5.41, 5.74) is 3.68. The van der Waals surface area contributed by atoms with Gasteiger partial charge in [0.2, 0.25) is 0 Å². The molecule has 1 fully saturated rings. The molecule has 3 heterocycles. The van der Waals surface area contributed by atoms with Gasteiger partial charge >= 0.3 is 0 Å². The van der Waals surface area contributed by atoms with Crippen molar-refractivity contribution in [3.05, 3.63) is 77.2 Å². The monoisotopic (exact) mass is 445 g/mol. The Labute approximate surface area is 190 Å². The van der Waals surface area contributed by atoms with Gasteiger partial charge in [0.25, 0.3) is 5.91 Å². The van der Waals surface area contributed by atoms with Crippen molar-refractivity contribution in [3.8, 4) is 17.0 Å². The summed E-state index contributed by atoms with van der Waals surface area (Å²) in [5.74, 6) is -1.28. The minimum atomic E-state index is -0.745. The molecule has 1 amide bonds. The van der Waals surface area contributed by atoms with E-state index in [1.54, 1.807) is 12.1 Å². The second kappa shape index (κ2) is 8.63. The Morgan fingerprint density at radius 1 is 1.21 bits per heavy atom. The molecule has 1 atom stereocenters. The van der Waals surface area contributed by atoms with Crippen LogP contribution in [0, 0.1) is 12.7 Å². The molecule has 0 spiro atoms. The predicted octanol–water partition coefficient (Wildman–Crippen LogP) is 3.43. The maximum Gasteiger partial charge on any atom is 0.255 e. The molecule has 0 aliphatic carbocycles. The molecule has 1 saturated heterocycles. The summed E-state index contributed by atoms with van der Waals surface area (Å²) in [6.07, 6.45) is 0.744. The molecule has 168 valence electrons. The van der Waals surface area contributed by atoms with Gasteiger partial charge in [0.15, 0.2) is 17.2 Å². The van der Waals surface area contributed by atoms with Crippen LogP contribution in [0.4, 0.5) is 4.39 Å². The summed E-state index contributed by atoms with van der Waals surface area (Å²) in [5, 5.41) is 20.8. The zero-order valence-electron chi connectivity index (χ0n) is 18.2. The van der Waals surface area contributed by atoms with Gasteiger partial charge in [-0.05, 0) is 43.2 Å². The van der Waals surface area contributed by atoms with E-state index in [1.807, 2.05) is 30.0 Å². The Bertz CT molecular complexity index is 1320. The van der Waals surface area contributed by atoms with Crippen LogP contribution in [0.2, 0.25) is 0 Å². The number of aromatic nitrogens is 3. The zero-order chi connectivity index (χ0) is 22.9. The molecule has 1 aliphatic heterocycles. The number of carbonyl (C=O) groups is 1. The summed E-state index contributed by atoms with van der Waals surface area (Å²) < 4.78 is 14.0. The van der Waals surface area contributed by atoms with Crippen molar-refractivity contribution in [2.45, 2.75) is 19.4 Å². The van der Waals surface area contributed by atoms with Gasteiger partial charge in [-0.3, -0.25) is 9.89 Å². The van der Waals surface area contributed by atoms with Gasteiger partial charge in [0, 0.05) is 36.9 Å². The Hall–Kier alpha value is -3.78. The molecule has 2 aromatic heterocycles. The van der Waals surface area contributed by atoms with Crippen molar-refractivity contribution in [2.24, 2.45) is 0 Å². The lowest BCUT2D eigenvalue weighted by Crippen LogP contribution is -2.54. The minimum absolute atomic E-state index is 0.00126. The van der Waals surface area contributed by atoms with E-state index in [9.17, 15) is 14.3 Å². The van der Waals surface area contributed by atoms with Crippen LogP contribution in [-0.2, 0) is 6.42 Å². The first-order valence-electron chi connectivity index (χ1n) is 10.9. The number of phenols is 1. The van der Waals surface area contributed by atoms with Crippen molar-refractivity contribution in [1.82, 2.24) is 25.4 Å². The van der Waals surface area contributed by atoms with Gasteiger partial charge in [-0.15, -0.1) is 0 Å². The molecule has 0 unspecified atom stereocenters. The standard InChI is InChI=1S/C25H24FN5O2/c1-15-23-19(13-21(28-24(23)30-29-15)17-7-8-22(32)20(26)12-17)25(33)31-10-9-27-14-18(31)11-16-5-3-2-4-6-16/h2-8,12-13,18,27,32H,9-11,14H2,1H3,(H,28,29,30)/t18-/m1/s1. The Morgan fingerprint density at radius 3 is 2.82 bits per heavy atom. The second-order valence-electron chi connectivity index (χ2n) is 8.31. The third kappa shape index (κ3) is 4.05. The van der Waals surface area contributed by atoms with Crippen LogP contribution in [0.5, 0.6) is 5.75 Å². The number of pyridine rings is 1. The molecule has 3 N–H and O–H groups in total. The molecular formula is C25H24FN5O2. The van der Waals surface area contributed by atoms with Crippen LogP contribution in [-0.4, -0.2) is 56.8 Å². The first-order chi connectivity index (χ1) is 16.0. The van der Waals surface area contributed by atoms with Crippen LogP contribution in [0.15, 0.2) is 54.6 Å². The molecule has 8 heteroatoms. The number of hydrogen-bond donors (Lipinski definition) is 3. The van der Waals surface area contributed by atoms with Crippen LogP contribution in [0.1, 0.15) is 21.6 Å². The summed E-state index contributed by atoms with van der Waals surface area (Å²) in [7, 11) is 0. The van der Waals surface area contributed by atoms with E-state index in [4.69, 9.17) is 0 Å². The topological polar surface area (TPSA) is 94.1 Å². The van der Waals surface area contributed by atoms with Crippen molar-refractivity contribution < 1.29 is 14.3 Å². The molecule has 1 aliphatic rings.